The van der Waals surface area contributed by atoms with Gasteiger partial charge in [0.1, 0.15) is 24.3 Å². The van der Waals surface area contributed by atoms with Gasteiger partial charge in [0.25, 0.3) is 0 Å². The lowest BCUT2D eigenvalue weighted by atomic mass is 10.1. The van der Waals surface area contributed by atoms with Gasteiger partial charge in [-0.3, -0.25) is 23.0 Å². The highest BCUT2D eigenvalue weighted by Gasteiger charge is 2.38. The number of benzene rings is 2. The number of amides is 1. The molecule has 0 aliphatic heterocycles. The molecule has 2 heterocycles. The highest BCUT2D eigenvalue weighted by molar-refractivity contribution is 7.92. The molecule has 0 aliphatic rings. The van der Waals surface area contributed by atoms with Gasteiger partial charge in [-0.1, -0.05) is 24.3 Å². The SMILES string of the molecule is CS(=O)(=O)N(Cc1ccc(C(=O)CN)cc1F)c1cncnc1.CS(=O)(=O)N(Cc1ccc(C(=O)CNC(=O)C(F)(F)F)cc1F)c1cncnc1. The van der Waals surface area contributed by atoms with Crippen molar-refractivity contribution in [2.45, 2.75) is 19.3 Å². The lowest BCUT2D eigenvalue weighted by Gasteiger charge is -2.22. The first-order chi connectivity index (χ1) is 24.2. The first-order valence-electron chi connectivity index (χ1n) is 14.4. The zero-order valence-corrected chi connectivity index (χ0v) is 28.7. The summed E-state index contributed by atoms with van der Waals surface area (Å²) < 4.78 is 115. The summed E-state index contributed by atoms with van der Waals surface area (Å²) in [5, 5.41) is 1.39. The van der Waals surface area contributed by atoms with Gasteiger partial charge in [-0.05, 0) is 12.1 Å². The fourth-order valence-electron chi connectivity index (χ4n) is 4.13. The van der Waals surface area contributed by atoms with Crippen LogP contribution in [-0.2, 0) is 37.9 Å². The Bertz CT molecular complexity index is 2130. The molecule has 0 aliphatic carbocycles. The highest BCUT2D eigenvalue weighted by Crippen LogP contribution is 2.22. The largest absolute Gasteiger partial charge is 0.471 e. The van der Waals surface area contributed by atoms with E-state index in [9.17, 15) is 53.2 Å². The van der Waals surface area contributed by atoms with Crippen molar-refractivity contribution >= 4 is 48.9 Å². The smallest absolute Gasteiger partial charge is 0.341 e. The van der Waals surface area contributed by atoms with Crippen molar-refractivity contribution in [1.29, 1.82) is 0 Å². The van der Waals surface area contributed by atoms with Crippen LogP contribution in [0.25, 0.3) is 0 Å². The van der Waals surface area contributed by atoms with Crippen LogP contribution < -0.4 is 19.7 Å². The van der Waals surface area contributed by atoms with Crippen LogP contribution in [0.5, 0.6) is 0 Å². The summed E-state index contributed by atoms with van der Waals surface area (Å²) in [6.45, 7) is -1.88. The van der Waals surface area contributed by atoms with E-state index in [0.29, 0.717) is 0 Å². The third-order valence-corrected chi connectivity index (χ3v) is 8.98. The van der Waals surface area contributed by atoms with Gasteiger partial charge in [-0.25, -0.2) is 45.6 Å². The van der Waals surface area contributed by atoms with Gasteiger partial charge in [0.15, 0.2) is 11.6 Å². The number of hydrogen-bond acceptors (Lipinski definition) is 12. The fraction of sp³-hybridized carbons (Fsp3) is 0.233. The van der Waals surface area contributed by atoms with Crippen LogP contribution in [0.15, 0.2) is 73.8 Å². The Morgan fingerprint density at radius 2 is 1.10 bits per heavy atom. The van der Waals surface area contributed by atoms with Gasteiger partial charge >= 0.3 is 12.1 Å². The predicted molar refractivity (Wildman–Crippen MR) is 176 cm³/mol. The molecule has 1 amide bonds. The highest BCUT2D eigenvalue weighted by atomic mass is 32.2. The molecular weight excluding hydrogens is 744 g/mol. The van der Waals surface area contributed by atoms with E-state index in [1.165, 1.54) is 54.9 Å². The first-order valence-corrected chi connectivity index (χ1v) is 18.1. The predicted octanol–water partition coefficient (Wildman–Crippen LogP) is 2.17. The number of hydrogen-bond donors (Lipinski definition) is 2. The van der Waals surface area contributed by atoms with E-state index < -0.39 is 68.4 Å². The van der Waals surface area contributed by atoms with Crippen molar-refractivity contribution in [2.24, 2.45) is 5.73 Å². The molecular formula is C30H29F5N8O7S2. The molecule has 0 unspecified atom stereocenters. The molecule has 22 heteroatoms. The van der Waals surface area contributed by atoms with E-state index in [1.807, 2.05) is 0 Å². The summed E-state index contributed by atoms with van der Waals surface area (Å²) in [4.78, 5) is 49.0. The van der Waals surface area contributed by atoms with Gasteiger partial charge < -0.3 is 11.1 Å². The fourth-order valence-corrected chi connectivity index (χ4v) is 5.83. The number of alkyl halides is 3. The van der Waals surface area contributed by atoms with Gasteiger partial charge in [0.2, 0.25) is 20.0 Å². The second-order valence-electron chi connectivity index (χ2n) is 10.6. The molecule has 278 valence electrons. The zero-order valence-electron chi connectivity index (χ0n) is 27.1. The quantitative estimate of drug-likeness (QED) is 0.148. The van der Waals surface area contributed by atoms with E-state index >= 15 is 0 Å². The maximum absolute atomic E-state index is 14.4. The third kappa shape index (κ3) is 11.5. The standard InChI is InChI=1S/C16H14F4N4O4S.C14H15FN4O3S/c1-29(27,28)24(12-5-21-9-22-6-12)8-11-3-2-10(4-13(11)17)14(25)7-23-15(26)16(18,19)20;1-23(21,22)19(12-6-17-9-18-7-12)8-11-3-2-10(4-13(11)15)14(20)5-16/h2-6,9H,7-8H2,1H3,(H,23,26);2-4,6-7,9H,5,8,16H2,1H3. The van der Waals surface area contributed by atoms with E-state index in [0.717, 1.165) is 45.4 Å². The average molecular weight is 773 g/mol. The Balaban J connectivity index is 0.000000288. The Hall–Kier alpha value is -5.48. The van der Waals surface area contributed by atoms with Gasteiger partial charge in [-0.15, -0.1) is 0 Å². The molecule has 2 aromatic heterocycles. The summed E-state index contributed by atoms with van der Waals surface area (Å²) in [5.74, 6) is -5.29. The van der Waals surface area contributed by atoms with Gasteiger partial charge in [0, 0.05) is 22.3 Å². The molecule has 0 atom stereocenters. The van der Waals surface area contributed by atoms with Crippen LogP contribution in [0.2, 0.25) is 0 Å². The second kappa shape index (κ2) is 17.2. The maximum Gasteiger partial charge on any atom is 0.471 e. The molecule has 0 bridgehead atoms. The lowest BCUT2D eigenvalue weighted by molar-refractivity contribution is -0.173. The number of nitrogens with one attached hydrogen (secondary N) is 1. The molecule has 52 heavy (non-hydrogen) atoms. The van der Waals surface area contributed by atoms with Crippen molar-refractivity contribution in [2.75, 3.05) is 34.2 Å². The molecule has 0 saturated heterocycles. The molecule has 4 aromatic rings. The number of carbonyl (C=O) groups excluding carboxylic acids is 3. The van der Waals surface area contributed by atoms with Crippen molar-refractivity contribution < 1.29 is 53.2 Å². The van der Waals surface area contributed by atoms with Crippen LogP contribution in [-0.4, -0.2) is 86.0 Å². The van der Waals surface area contributed by atoms with Crippen LogP contribution in [0.3, 0.4) is 0 Å². The number of anilines is 2. The van der Waals surface area contributed by atoms with Gasteiger partial charge in [0.05, 0.1) is 74.9 Å². The molecule has 0 fully saturated rings. The number of rotatable bonds is 13. The van der Waals surface area contributed by atoms with Crippen LogP contribution in [0, 0.1) is 11.6 Å². The Labute approximate surface area is 293 Å². The summed E-state index contributed by atoms with van der Waals surface area (Å²) in [5.41, 5.74) is 5.41. The Morgan fingerprint density at radius 1 is 0.712 bits per heavy atom. The molecule has 2 aromatic carbocycles. The number of carbonyl (C=O) groups is 3. The van der Waals surface area contributed by atoms with E-state index in [1.54, 1.807) is 0 Å². The molecule has 0 saturated carbocycles. The summed E-state index contributed by atoms with van der Waals surface area (Å²) >= 11 is 0. The van der Waals surface area contributed by atoms with Crippen molar-refractivity contribution in [3.63, 3.8) is 0 Å². The zero-order chi connectivity index (χ0) is 38.9. The molecule has 0 spiro atoms. The number of halogens is 5. The monoisotopic (exact) mass is 772 g/mol. The van der Waals surface area contributed by atoms with E-state index in [4.69, 9.17) is 5.73 Å². The molecule has 15 nitrogen and oxygen atoms in total. The van der Waals surface area contributed by atoms with Crippen LogP contribution in [0.4, 0.5) is 33.3 Å². The van der Waals surface area contributed by atoms with Crippen molar-refractivity contribution in [3.05, 3.63) is 108 Å². The minimum absolute atomic E-state index is 0.0874. The van der Waals surface area contributed by atoms with Crippen LogP contribution >= 0.6 is 0 Å². The van der Waals surface area contributed by atoms with Gasteiger partial charge in [-0.2, -0.15) is 13.2 Å². The molecule has 4 rings (SSSR count). The number of aromatic nitrogens is 4. The Morgan fingerprint density at radius 3 is 1.42 bits per heavy atom. The summed E-state index contributed by atoms with van der Waals surface area (Å²) in [6.07, 6.45) is 4.27. The Kier molecular flexibility index (Phi) is 13.5. The number of ketones is 2. The van der Waals surface area contributed by atoms with E-state index in [-0.39, 0.29) is 46.7 Å². The lowest BCUT2D eigenvalue weighted by Crippen LogP contribution is -2.39. The van der Waals surface area contributed by atoms with E-state index in [2.05, 4.69) is 19.9 Å². The number of nitrogens with two attached hydrogens (primary N) is 1. The average Bonchev–Trinajstić information content (AvgIpc) is 3.08. The summed E-state index contributed by atoms with van der Waals surface area (Å²) in [6, 6.07) is 6.81. The third-order valence-electron chi connectivity index (χ3n) is 6.70. The normalized spacial score (nSPS) is 11.5. The topological polar surface area (TPSA) is 216 Å². The molecule has 3 N–H and O–H groups in total. The van der Waals surface area contributed by atoms with Crippen LogP contribution in [0.1, 0.15) is 31.8 Å². The van der Waals surface area contributed by atoms with Crippen molar-refractivity contribution in [1.82, 2.24) is 25.3 Å². The number of nitrogens with zero attached hydrogens (tertiary/aromatic N) is 6. The maximum atomic E-state index is 14.4. The number of Topliss-reactive ketones (excluding diaryl/α,β-unsaturated/α-hetero) is 2. The second-order valence-corrected chi connectivity index (χ2v) is 14.4. The summed E-state index contributed by atoms with van der Waals surface area (Å²) in [7, 11) is -7.49. The number of sulfonamides is 2. The molecule has 0 radical (unpaired) electrons. The first kappa shape index (κ1) is 40.9. The minimum atomic E-state index is -5.15. The van der Waals surface area contributed by atoms with Crippen molar-refractivity contribution in [3.8, 4) is 0 Å². The minimum Gasteiger partial charge on any atom is -0.341 e.